The third-order valence-corrected chi connectivity index (χ3v) is 6.81. The Hall–Kier alpha value is -3.25. The lowest BCUT2D eigenvalue weighted by atomic mass is 9.95. The number of hydrogen-bond donors (Lipinski definition) is 1. The highest BCUT2D eigenvalue weighted by atomic mass is 35.5. The van der Waals surface area contributed by atoms with Crippen molar-refractivity contribution in [3.63, 3.8) is 0 Å². The van der Waals surface area contributed by atoms with E-state index in [1.54, 1.807) is 29.2 Å². The van der Waals surface area contributed by atoms with Crippen molar-refractivity contribution in [3.8, 4) is 0 Å². The molecule has 0 fully saturated rings. The van der Waals surface area contributed by atoms with Crippen LogP contribution in [-0.4, -0.2) is 45.4 Å². The Morgan fingerprint density at radius 3 is 2.31 bits per heavy atom. The van der Waals surface area contributed by atoms with Gasteiger partial charge in [-0.3, -0.25) is 4.79 Å². The molecule has 1 atom stereocenters. The monoisotopic (exact) mass is 492 g/mol. The second kappa shape index (κ2) is 10.6. The molecule has 0 spiro atoms. The highest BCUT2D eigenvalue weighted by Gasteiger charge is 2.34. The molecule has 1 aliphatic heterocycles. The zero-order valence-electron chi connectivity index (χ0n) is 20.7. The number of rotatable bonds is 6. The van der Waals surface area contributed by atoms with Gasteiger partial charge in [-0.1, -0.05) is 49.7 Å². The molecule has 0 aliphatic carbocycles. The normalized spacial score (nSPS) is 15.3. The standard InChI is InChI=1S/C28H33ClN4O2/c1-19(2)21-7-9-22(10-8-21)27-25-6-5-15-31(25)16-17-32(27)26(34)18-33(20(3)4)28(35)30-24-13-11-23(29)12-14-24/h5-15,19-20,27H,16-18H2,1-4H3,(H,30,35). The quantitative estimate of drug-likeness (QED) is 0.449. The molecule has 0 radical (unpaired) electrons. The molecule has 184 valence electrons. The van der Waals surface area contributed by atoms with E-state index in [0.29, 0.717) is 23.2 Å². The van der Waals surface area contributed by atoms with Crippen molar-refractivity contribution >= 4 is 29.2 Å². The second-order valence-electron chi connectivity index (χ2n) is 9.60. The van der Waals surface area contributed by atoms with Gasteiger partial charge in [0.15, 0.2) is 0 Å². The first-order chi connectivity index (χ1) is 16.7. The van der Waals surface area contributed by atoms with Gasteiger partial charge in [0.2, 0.25) is 5.91 Å². The maximum Gasteiger partial charge on any atom is 0.322 e. The summed E-state index contributed by atoms with van der Waals surface area (Å²) in [4.78, 5) is 30.2. The van der Waals surface area contributed by atoms with Gasteiger partial charge >= 0.3 is 6.03 Å². The van der Waals surface area contributed by atoms with E-state index in [1.165, 1.54) is 5.56 Å². The van der Waals surface area contributed by atoms with Crippen molar-refractivity contribution in [2.75, 3.05) is 18.4 Å². The van der Waals surface area contributed by atoms with E-state index in [-0.39, 0.29) is 30.6 Å². The van der Waals surface area contributed by atoms with E-state index in [9.17, 15) is 9.59 Å². The van der Waals surface area contributed by atoms with Crippen LogP contribution >= 0.6 is 11.6 Å². The first-order valence-electron chi connectivity index (χ1n) is 12.1. The van der Waals surface area contributed by atoms with Crippen LogP contribution in [0.4, 0.5) is 10.5 Å². The number of urea groups is 1. The van der Waals surface area contributed by atoms with E-state index >= 15 is 0 Å². The number of nitrogens with zero attached hydrogens (tertiary/aromatic N) is 3. The molecular weight excluding hydrogens is 460 g/mol. The minimum Gasteiger partial charge on any atom is -0.348 e. The number of carbonyl (C=O) groups excluding carboxylic acids is 2. The first-order valence-corrected chi connectivity index (χ1v) is 12.5. The van der Waals surface area contributed by atoms with Gasteiger partial charge in [0.05, 0.1) is 6.04 Å². The summed E-state index contributed by atoms with van der Waals surface area (Å²) in [6, 6.07) is 18.9. The Morgan fingerprint density at radius 2 is 1.69 bits per heavy atom. The van der Waals surface area contributed by atoms with Gasteiger partial charge in [-0.2, -0.15) is 0 Å². The maximum atomic E-state index is 13.7. The number of benzene rings is 2. The summed E-state index contributed by atoms with van der Waals surface area (Å²) in [6.45, 7) is 9.49. The lowest BCUT2D eigenvalue weighted by molar-refractivity contribution is -0.134. The third kappa shape index (κ3) is 5.54. The van der Waals surface area contributed by atoms with Gasteiger partial charge in [-0.05, 0) is 67.3 Å². The summed E-state index contributed by atoms with van der Waals surface area (Å²) in [7, 11) is 0. The van der Waals surface area contributed by atoms with Gasteiger partial charge in [0, 0.05) is 41.7 Å². The summed E-state index contributed by atoms with van der Waals surface area (Å²) in [5.74, 6) is 0.367. The maximum absolute atomic E-state index is 13.7. The van der Waals surface area contributed by atoms with E-state index < -0.39 is 0 Å². The molecule has 1 aliphatic rings. The molecule has 0 saturated heterocycles. The molecule has 2 heterocycles. The summed E-state index contributed by atoms with van der Waals surface area (Å²) in [5, 5.41) is 3.48. The van der Waals surface area contributed by atoms with Crippen LogP contribution in [0.5, 0.6) is 0 Å². The van der Waals surface area contributed by atoms with Crippen molar-refractivity contribution < 1.29 is 9.59 Å². The number of nitrogens with one attached hydrogen (secondary N) is 1. The molecule has 1 unspecified atom stereocenters. The number of hydrogen-bond acceptors (Lipinski definition) is 2. The summed E-state index contributed by atoms with van der Waals surface area (Å²) >= 11 is 5.96. The van der Waals surface area contributed by atoms with E-state index in [2.05, 4.69) is 60.3 Å². The van der Waals surface area contributed by atoms with E-state index in [4.69, 9.17) is 11.6 Å². The summed E-state index contributed by atoms with van der Waals surface area (Å²) < 4.78 is 2.21. The van der Waals surface area contributed by atoms with Crippen LogP contribution in [0.2, 0.25) is 5.02 Å². The smallest absolute Gasteiger partial charge is 0.322 e. The van der Waals surface area contributed by atoms with Gasteiger partial charge in [0.1, 0.15) is 6.54 Å². The minimum absolute atomic E-state index is 0.00161. The second-order valence-corrected chi connectivity index (χ2v) is 10.0. The average molecular weight is 493 g/mol. The van der Waals surface area contributed by atoms with E-state index in [1.807, 2.05) is 24.8 Å². The fourth-order valence-corrected chi connectivity index (χ4v) is 4.65. The molecule has 0 saturated carbocycles. The SMILES string of the molecule is CC(C)c1ccc(C2c3cccn3CCN2C(=O)CN(C(=O)Nc2ccc(Cl)cc2)C(C)C)cc1. The van der Waals surface area contributed by atoms with Gasteiger partial charge in [0.25, 0.3) is 0 Å². The van der Waals surface area contributed by atoms with Gasteiger partial charge in [-0.25, -0.2) is 4.79 Å². The molecule has 1 aromatic heterocycles. The Balaban J connectivity index is 1.56. The van der Waals surface area contributed by atoms with Crippen molar-refractivity contribution in [2.24, 2.45) is 0 Å². The predicted molar refractivity (Wildman–Crippen MR) is 141 cm³/mol. The molecule has 1 N–H and O–H groups in total. The van der Waals surface area contributed by atoms with Crippen LogP contribution in [0, 0.1) is 0 Å². The fraction of sp³-hybridized carbons (Fsp3) is 0.357. The Labute approximate surface area is 212 Å². The number of carbonyl (C=O) groups is 2. The fourth-order valence-electron chi connectivity index (χ4n) is 4.52. The molecule has 4 rings (SSSR count). The largest absolute Gasteiger partial charge is 0.348 e. The number of anilines is 1. The minimum atomic E-state index is -0.311. The van der Waals surface area contributed by atoms with Crippen LogP contribution < -0.4 is 5.32 Å². The highest BCUT2D eigenvalue weighted by molar-refractivity contribution is 6.30. The molecule has 2 aromatic carbocycles. The highest BCUT2D eigenvalue weighted by Crippen LogP contribution is 2.33. The lowest BCUT2D eigenvalue weighted by Crippen LogP contribution is -2.50. The zero-order chi connectivity index (χ0) is 25.1. The van der Waals surface area contributed by atoms with Gasteiger partial charge < -0.3 is 19.7 Å². The topological polar surface area (TPSA) is 57.6 Å². The first kappa shape index (κ1) is 24.9. The van der Waals surface area contributed by atoms with Crippen molar-refractivity contribution in [2.45, 2.75) is 52.2 Å². The molecule has 6 nitrogen and oxygen atoms in total. The van der Waals surface area contributed by atoms with E-state index in [0.717, 1.165) is 17.8 Å². The third-order valence-electron chi connectivity index (χ3n) is 6.56. The molecule has 0 bridgehead atoms. The number of halogens is 1. The van der Waals surface area contributed by atoms with Crippen molar-refractivity contribution in [3.05, 3.63) is 88.7 Å². The number of fused-ring (bicyclic) bond motifs is 1. The van der Waals surface area contributed by atoms with Crippen LogP contribution in [0.3, 0.4) is 0 Å². The summed E-state index contributed by atoms with van der Waals surface area (Å²) in [6.07, 6.45) is 2.06. The number of aromatic nitrogens is 1. The van der Waals surface area contributed by atoms with Crippen molar-refractivity contribution in [1.82, 2.24) is 14.4 Å². The molecule has 7 heteroatoms. The predicted octanol–water partition coefficient (Wildman–Crippen LogP) is 6.14. The summed E-state index contributed by atoms with van der Waals surface area (Å²) in [5.41, 5.74) is 4.06. The van der Waals surface area contributed by atoms with Crippen LogP contribution in [0.1, 0.15) is 56.5 Å². The Bertz CT molecular complexity index is 1170. The molecule has 3 aromatic rings. The zero-order valence-corrected chi connectivity index (χ0v) is 21.5. The van der Waals surface area contributed by atoms with Crippen LogP contribution in [-0.2, 0) is 11.3 Å². The van der Waals surface area contributed by atoms with Crippen LogP contribution in [0.15, 0.2) is 66.9 Å². The van der Waals surface area contributed by atoms with Crippen LogP contribution in [0.25, 0.3) is 0 Å². The lowest BCUT2D eigenvalue weighted by Gasteiger charge is -2.39. The Morgan fingerprint density at radius 1 is 1.00 bits per heavy atom. The molecule has 35 heavy (non-hydrogen) atoms. The van der Waals surface area contributed by atoms with Crippen molar-refractivity contribution in [1.29, 1.82) is 0 Å². The molecule has 3 amide bonds. The average Bonchev–Trinajstić information content (AvgIpc) is 3.32. The van der Waals surface area contributed by atoms with Gasteiger partial charge in [-0.15, -0.1) is 0 Å². The molecular formula is C28H33ClN4O2. The number of amides is 3. The Kier molecular flexibility index (Phi) is 7.51.